The number of hydrogen-bond donors (Lipinski definition) is 4. The SMILES string of the molecule is COCc1cc(SC(N)C2=C(C(=O)O)N3C(=O)[C@@H](NC(=O)/C(=N\OC)c4csc(N)n4)[C@H]3SC2)c(OC)cn1. The van der Waals surface area contributed by atoms with Gasteiger partial charge in [0.15, 0.2) is 16.6 Å². The van der Waals surface area contributed by atoms with E-state index < -0.39 is 34.6 Å². The summed E-state index contributed by atoms with van der Waals surface area (Å²) in [6.45, 7) is 0.273. The molecule has 2 aromatic rings. The number of nitrogen functional groups attached to an aromatic ring is 1. The van der Waals surface area contributed by atoms with Gasteiger partial charge < -0.3 is 36.2 Å². The van der Waals surface area contributed by atoms with Crippen molar-refractivity contribution in [2.75, 3.05) is 32.8 Å². The smallest absolute Gasteiger partial charge is 0.352 e. The highest BCUT2D eigenvalue weighted by Crippen LogP contribution is 2.44. The molecule has 1 fully saturated rings. The van der Waals surface area contributed by atoms with Gasteiger partial charge in [-0.3, -0.25) is 19.5 Å². The number of thioether (sulfide) groups is 2. The summed E-state index contributed by atoms with van der Waals surface area (Å²) in [6.07, 6.45) is 1.54. The van der Waals surface area contributed by atoms with Crippen LogP contribution in [0, 0.1) is 0 Å². The Balaban J connectivity index is 1.54. The van der Waals surface area contributed by atoms with Crippen molar-refractivity contribution in [3.05, 3.63) is 40.3 Å². The molecule has 0 spiro atoms. The van der Waals surface area contributed by atoms with Crippen molar-refractivity contribution in [3.8, 4) is 5.75 Å². The first-order chi connectivity index (χ1) is 18.7. The predicted octanol–water partition coefficient (Wildman–Crippen LogP) is 0.442. The maximum Gasteiger partial charge on any atom is 0.352 e. The minimum atomic E-state index is -1.30. The number of carboxylic acids is 1. The second-order valence-corrected chi connectivity index (χ2v) is 11.2. The topological polar surface area (TPSA) is 205 Å². The largest absolute Gasteiger partial charge is 0.494 e. The first-order valence-corrected chi connectivity index (χ1v) is 14.0. The number of aliphatic carboxylic acids is 1. The van der Waals surface area contributed by atoms with E-state index in [1.165, 1.54) is 49.3 Å². The lowest BCUT2D eigenvalue weighted by molar-refractivity contribution is -0.150. The number of carbonyl (C=O) groups is 3. The number of oxime groups is 1. The second kappa shape index (κ2) is 12.2. The van der Waals surface area contributed by atoms with E-state index >= 15 is 0 Å². The number of nitrogens with two attached hydrogens (primary N) is 2. The molecule has 2 amide bonds. The van der Waals surface area contributed by atoms with Gasteiger partial charge >= 0.3 is 5.97 Å². The van der Waals surface area contributed by atoms with Gasteiger partial charge in [0, 0.05) is 18.2 Å². The van der Waals surface area contributed by atoms with Crippen molar-refractivity contribution in [1.82, 2.24) is 20.2 Å². The molecule has 14 nitrogen and oxygen atoms in total. The number of methoxy groups -OCH3 is 2. The fourth-order valence-electron chi connectivity index (χ4n) is 3.91. The first kappa shape index (κ1) is 28.6. The lowest BCUT2D eigenvalue weighted by atomic mass is 10.0. The number of carboxylic acid groups (broad SMARTS) is 1. The Morgan fingerprint density at radius 1 is 1.38 bits per heavy atom. The van der Waals surface area contributed by atoms with Gasteiger partial charge in [0.2, 0.25) is 0 Å². The average Bonchev–Trinajstić information content (AvgIpc) is 3.35. The molecule has 208 valence electrons. The van der Waals surface area contributed by atoms with Gasteiger partial charge in [0.05, 0.1) is 35.9 Å². The fraction of sp³-hybridized carbons (Fsp3) is 0.364. The lowest BCUT2D eigenvalue weighted by Gasteiger charge is -2.49. The molecule has 0 aliphatic carbocycles. The minimum absolute atomic E-state index is 0.162. The molecule has 17 heteroatoms. The third-order valence-electron chi connectivity index (χ3n) is 5.65. The van der Waals surface area contributed by atoms with E-state index in [4.69, 9.17) is 25.8 Å². The summed E-state index contributed by atoms with van der Waals surface area (Å²) >= 11 is 3.58. The molecule has 1 unspecified atom stereocenters. The van der Waals surface area contributed by atoms with E-state index in [0.717, 1.165) is 16.2 Å². The van der Waals surface area contributed by atoms with Crippen LogP contribution in [-0.2, 0) is 30.6 Å². The fourth-order valence-corrected chi connectivity index (χ4v) is 7.03. The number of β-lactam (4-membered cyclic amide) rings is 1. The number of hydrogen-bond acceptors (Lipinski definition) is 14. The molecule has 3 atom stereocenters. The van der Waals surface area contributed by atoms with E-state index in [1.807, 2.05) is 0 Å². The number of carbonyl (C=O) groups excluding carboxylic acids is 2. The molecule has 2 aromatic heterocycles. The highest BCUT2D eigenvalue weighted by Gasteiger charge is 2.55. The number of anilines is 1. The predicted molar refractivity (Wildman–Crippen MR) is 145 cm³/mol. The molecule has 2 aliphatic rings. The van der Waals surface area contributed by atoms with Crippen LogP contribution in [0.5, 0.6) is 5.75 Å². The van der Waals surface area contributed by atoms with Crippen molar-refractivity contribution in [1.29, 1.82) is 0 Å². The van der Waals surface area contributed by atoms with Crippen molar-refractivity contribution in [2.24, 2.45) is 10.9 Å². The number of ether oxygens (including phenoxy) is 2. The molecular formula is C22H25N7O7S3. The zero-order valence-corrected chi connectivity index (χ0v) is 23.4. The third-order valence-corrected chi connectivity index (χ3v) is 8.73. The number of nitrogens with zero attached hydrogens (tertiary/aromatic N) is 4. The molecule has 0 aromatic carbocycles. The maximum absolute atomic E-state index is 13.1. The molecule has 0 saturated carbocycles. The van der Waals surface area contributed by atoms with E-state index in [2.05, 4.69) is 20.4 Å². The van der Waals surface area contributed by atoms with Gasteiger partial charge in [0.25, 0.3) is 11.8 Å². The third kappa shape index (κ3) is 5.81. The summed E-state index contributed by atoms with van der Waals surface area (Å²) in [5.41, 5.74) is 12.9. The molecule has 0 radical (unpaired) electrons. The molecule has 1 saturated heterocycles. The number of pyridine rings is 1. The van der Waals surface area contributed by atoms with Crippen LogP contribution < -0.4 is 21.5 Å². The van der Waals surface area contributed by atoms with Gasteiger partial charge in [-0.1, -0.05) is 16.9 Å². The van der Waals surface area contributed by atoms with Gasteiger partial charge in [-0.15, -0.1) is 23.1 Å². The second-order valence-electron chi connectivity index (χ2n) is 8.03. The van der Waals surface area contributed by atoms with E-state index in [0.29, 0.717) is 21.9 Å². The Bertz CT molecular complexity index is 1350. The number of aromatic nitrogens is 2. The molecule has 4 rings (SSSR count). The van der Waals surface area contributed by atoms with Crippen molar-refractivity contribution >= 4 is 63.5 Å². The Morgan fingerprint density at radius 2 is 2.15 bits per heavy atom. The number of rotatable bonds is 11. The van der Waals surface area contributed by atoms with Crippen molar-refractivity contribution in [2.45, 2.75) is 28.3 Å². The van der Waals surface area contributed by atoms with Crippen molar-refractivity contribution < 1.29 is 33.8 Å². The van der Waals surface area contributed by atoms with Crippen LogP contribution in [0.4, 0.5) is 5.13 Å². The van der Waals surface area contributed by atoms with Gasteiger partial charge in [-0.05, 0) is 11.6 Å². The van der Waals surface area contributed by atoms with Crippen LogP contribution in [0.1, 0.15) is 11.4 Å². The Kier molecular flexibility index (Phi) is 8.96. The Morgan fingerprint density at radius 3 is 2.77 bits per heavy atom. The lowest BCUT2D eigenvalue weighted by Crippen LogP contribution is -2.71. The van der Waals surface area contributed by atoms with Gasteiger partial charge in [-0.25, -0.2) is 9.78 Å². The van der Waals surface area contributed by atoms with Crippen LogP contribution in [0.15, 0.2) is 39.0 Å². The molecule has 2 aliphatic heterocycles. The van der Waals surface area contributed by atoms with Gasteiger partial charge in [-0.2, -0.15) is 0 Å². The van der Waals surface area contributed by atoms with Crippen LogP contribution in [0.25, 0.3) is 0 Å². The summed E-state index contributed by atoms with van der Waals surface area (Å²) in [4.78, 5) is 53.2. The molecule has 6 N–H and O–H groups in total. The van der Waals surface area contributed by atoms with Crippen LogP contribution >= 0.6 is 34.9 Å². The zero-order valence-electron chi connectivity index (χ0n) is 20.9. The Hall–Kier alpha value is -3.38. The summed E-state index contributed by atoms with van der Waals surface area (Å²) < 4.78 is 10.5. The number of amides is 2. The first-order valence-electron chi connectivity index (χ1n) is 11.2. The monoisotopic (exact) mass is 595 g/mol. The summed E-state index contributed by atoms with van der Waals surface area (Å²) in [5, 5.41) is 16.7. The summed E-state index contributed by atoms with van der Waals surface area (Å²) in [7, 11) is 4.30. The van der Waals surface area contributed by atoms with Crippen molar-refractivity contribution in [3.63, 3.8) is 0 Å². The quantitative estimate of drug-likeness (QED) is 0.0916. The maximum atomic E-state index is 13.1. The summed E-state index contributed by atoms with van der Waals surface area (Å²) in [5.74, 6) is -1.92. The number of thiazole rings is 1. The van der Waals surface area contributed by atoms with E-state index in [-0.39, 0.29) is 34.6 Å². The van der Waals surface area contributed by atoms with Crippen LogP contribution in [0.3, 0.4) is 0 Å². The normalized spacial score (nSPS) is 19.7. The van der Waals surface area contributed by atoms with Crippen LogP contribution in [0.2, 0.25) is 0 Å². The summed E-state index contributed by atoms with van der Waals surface area (Å²) in [6, 6.07) is 0.763. The van der Waals surface area contributed by atoms with Crippen LogP contribution in [-0.4, -0.2) is 87.3 Å². The van der Waals surface area contributed by atoms with E-state index in [9.17, 15) is 19.5 Å². The number of nitrogens with one attached hydrogen (secondary N) is 1. The van der Waals surface area contributed by atoms with E-state index in [1.54, 1.807) is 13.2 Å². The highest BCUT2D eigenvalue weighted by atomic mass is 32.2. The minimum Gasteiger partial charge on any atom is -0.494 e. The molecular weight excluding hydrogens is 570 g/mol. The zero-order chi connectivity index (χ0) is 28.3. The standard InChI is InChI=1S/C22H25N7O7S3/c1-34-6-9-4-13(12(35-2)5-25-9)39-17(23)10-7-37-20-15(19(31)29(20)16(10)21(32)33)27-18(30)14(28-36-3)11-8-38-22(24)26-11/h4-5,8,15,17,20H,6-7,23H2,1-3H3,(H2,24,26)(H,27,30)(H,32,33)/b28-14-/t15-,17?,20-/m1/s1. The van der Waals surface area contributed by atoms with Gasteiger partial charge in [0.1, 0.15) is 29.9 Å². The molecule has 4 heterocycles. The Labute approximate surface area is 235 Å². The molecule has 0 bridgehead atoms. The average molecular weight is 596 g/mol. The highest BCUT2D eigenvalue weighted by molar-refractivity contribution is 8.01. The molecule has 39 heavy (non-hydrogen) atoms. The number of fused-ring (bicyclic) bond motifs is 1.